The van der Waals surface area contributed by atoms with E-state index >= 15 is 0 Å². The number of unbranched alkanes of at least 4 members (excludes halogenated alkanes) is 1. The Hall–Kier alpha value is -2.74. The Morgan fingerprint density at radius 3 is 2.39 bits per heavy atom. The van der Waals surface area contributed by atoms with Crippen molar-refractivity contribution in [2.75, 3.05) is 15.8 Å². The van der Waals surface area contributed by atoms with Crippen LogP contribution in [0.15, 0.2) is 47.4 Å². The minimum Gasteiger partial charge on any atom is -0.506 e. The van der Waals surface area contributed by atoms with Gasteiger partial charge in [0.2, 0.25) is 5.91 Å². The number of phenols is 1. The number of anilines is 3. The number of hydrogen-bond acceptors (Lipinski definition) is 5. The number of nitrogen functional groups attached to an aromatic ring is 1. The van der Waals surface area contributed by atoms with E-state index in [4.69, 9.17) is 5.73 Å². The second-order valence-corrected chi connectivity index (χ2v) is 8.33. The third-order valence-electron chi connectivity index (χ3n) is 4.47. The number of hydrogen-bond donors (Lipinski definition) is 4. The zero-order chi connectivity index (χ0) is 20.7. The van der Waals surface area contributed by atoms with Crippen molar-refractivity contribution in [3.05, 3.63) is 42.5 Å². The number of nitrogens with two attached hydrogens (primary N) is 1. The minimum atomic E-state index is -3.89. The summed E-state index contributed by atoms with van der Waals surface area (Å²) >= 11 is 0. The molecule has 0 spiro atoms. The van der Waals surface area contributed by atoms with Gasteiger partial charge in [-0.05, 0) is 49.2 Å². The van der Waals surface area contributed by atoms with Gasteiger partial charge in [0.1, 0.15) is 5.75 Å². The summed E-state index contributed by atoms with van der Waals surface area (Å²) in [5.74, 6) is -0.375. The molecular weight excluding hydrogens is 378 g/mol. The van der Waals surface area contributed by atoms with Crippen LogP contribution in [0, 0.1) is 5.92 Å². The molecule has 1 atom stereocenters. The Morgan fingerprint density at radius 1 is 1.14 bits per heavy atom. The van der Waals surface area contributed by atoms with Crippen LogP contribution in [-0.2, 0) is 14.8 Å². The van der Waals surface area contributed by atoms with Crippen molar-refractivity contribution >= 4 is 33.0 Å². The average molecular weight is 406 g/mol. The first kappa shape index (κ1) is 21.6. The third kappa shape index (κ3) is 5.63. The maximum Gasteiger partial charge on any atom is 0.262 e. The van der Waals surface area contributed by atoms with E-state index in [2.05, 4.69) is 17.0 Å². The number of amides is 1. The molecular formula is C20H27N3O4S. The number of phenolic OH excluding ortho intramolecular Hbond substituents is 1. The number of benzene rings is 2. The standard InChI is InChI=1S/C20H27N3O4S/c1-3-5-6-14(4-2)20(25)22-16-8-10-17(11-9-16)28(26,27)23-18-12-7-15(21)13-19(18)24/h7-14,23-24H,3-6,21H2,1-2H3,(H,22,25). The summed E-state index contributed by atoms with van der Waals surface area (Å²) < 4.78 is 27.3. The van der Waals surface area contributed by atoms with Crippen LogP contribution in [0.25, 0.3) is 0 Å². The Bertz CT molecular complexity index is 912. The molecule has 0 fully saturated rings. The van der Waals surface area contributed by atoms with Crippen molar-refractivity contribution in [2.24, 2.45) is 5.92 Å². The lowest BCUT2D eigenvalue weighted by atomic mass is 9.98. The van der Waals surface area contributed by atoms with Crippen LogP contribution in [0.4, 0.5) is 17.1 Å². The van der Waals surface area contributed by atoms with Gasteiger partial charge in [-0.15, -0.1) is 0 Å². The van der Waals surface area contributed by atoms with Gasteiger partial charge in [-0.3, -0.25) is 9.52 Å². The first-order chi connectivity index (χ1) is 13.3. The lowest BCUT2D eigenvalue weighted by molar-refractivity contribution is -0.120. The molecule has 8 heteroatoms. The van der Waals surface area contributed by atoms with Crippen LogP contribution >= 0.6 is 0 Å². The quantitative estimate of drug-likeness (QED) is 0.372. The summed E-state index contributed by atoms with van der Waals surface area (Å²) in [6.07, 6.45) is 3.62. The molecule has 0 aliphatic rings. The van der Waals surface area contributed by atoms with Gasteiger partial charge in [0.05, 0.1) is 10.6 Å². The lowest BCUT2D eigenvalue weighted by Crippen LogP contribution is -2.22. The highest BCUT2D eigenvalue weighted by Crippen LogP contribution is 2.28. The molecule has 0 saturated heterocycles. The van der Waals surface area contributed by atoms with Gasteiger partial charge in [-0.25, -0.2) is 8.42 Å². The molecule has 0 radical (unpaired) electrons. The summed E-state index contributed by atoms with van der Waals surface area (Å²) in [6, 6.07) is 10.0. The monoisotopic (exact) mass is 405 g/mol. The van der Waals surface area contributed by atoms with Crippen molar-refractivity contribution in [1.29, 1.82) is 0 Å². The van der Waals surface area contributed by atoms with Crippen LogP contribution < -0.4 is 15.8 Å². The molecule has 0 saturated carbocycles. The van der Waals surface area contributed by atoms with Crippen LogP contribution in [0.2, 0.25) is 0 Å². The highest BCUT2D eigenvalue weighted by molar-refractivity contribution is 7.92. The predicted molar refractivity (Wildman–Crippen MR) is 112 cm³/mol. The summed E-state index contributed by atoms with van der Waals surface area (Å²) in [6.45, 7) is 4.07. The van der Waals surface area contributed by atoms with E-state index in [1.807, 2.05) is 6.92 Å². The Balaban J connectivity index is 2.09. The molecule has 1 amide bonds. The molecule has 7 nitrogen and oxygen atoms in total. The van der Waals surface area contributed by atoms with Gasteiger partial charge < -0.3 is 16.2 Å². The molecule has 2 aromatic rings. The third-order valence-corrected chi connectivity index (χ3v) is 5.85. The maximum absolute atomic E-state index is 12.5. The zero-order valence-electron chi connectivity index (χ0n) is 16.1. The van der Waals surface area contributed by atoms with E-state index in [1.54, 1.807) is 12.1 Å². The van der Waals surface area contributed by atoms with Crippen LogP contribution in [0.3, 0.4) is 0 Å². The molecule has 0 aliphatic carbocycles. The second-order valence-electron chi connectivity index (χ2n) is 6.64. The van der Waals surface area contributed by atoms with Gasteiger partial charge in [0.25, 0.3) is 10.0 Å². The fourth-order valence-corrected chi connectivity index (χ4v) is 3.85. The van der Waals surface area contributed by atoms with E-state index in [9.17, 15) is 18.3 Å². The molecule has 2 aromatic carbocycles. The number of carbonyl (C=O) groups excluding carboxylic acids is 1. The highest BCUT2D eigenvalue weighted by Gasteiger charge is 2.18. The molecule has 1 unspecified atom stereocenters. The second kappa shape index (κ2) is 9.45. The molecule has 152 valence electrons. The fourth-order valence-electron chi connectivity index (χ4n) is 2.77. The van der Waals surface area contributed by atoms with E-state index in [0.717, 1.165) is 25.7 Å². The number of aromatic hydroxyl groups is 1. The number of nitrogens with one attached hydrogen (secondary N) is 2. The Kier molecular flexibility index (Phi) is 7.28. The Morgan fingerprint density at radius 2 is 1.82 bits per heavy atom. The smallest absolute Gasteiger partial charge is 0.262 e. The minimum absolute atomic E-state index is 0.0137. The van der Waals surface area contributed by atoms with Crippen molar-refractivity contribution in [3.63, 3.8) is 0 Å². The van der Waals surface area contributed by atoms with Gasteiger partial charge in [0.15, 0.2) is 0 Å². The molecule has 2 rings (SSSR count). The molecule has 0 aromatic heterocycles. The van der Waals surface area contributed by atoms with Crippen molar-refractivity contribution in [2.45, 2.75) is 44.4 Å². The predicted octanol–water partition coefficient (Wildman–Crippen LogP) is 3.93. The number of sulfonamides is 1. The van der Waals surface area contributed by atoms with Crippen LogP contribution in [-0.4, -0.2) is 19.4 Å². The van der Waals surface area contributed by atoms with Crippen LogP contribution in [0.1, 0.15) is 39.5 Å². The van der Waals surface area contributed by atoms with E-state index < -0.39 is 10.0 Å². The highest BCUT2D eigenvalue weighted by atomic mass is 32.2. The summed E-state index contributed by atoms with van der Waals surface area (Å²) in [7, 11) is -3.89. The fraction of sp³-hybridized carbons (Fsp3) is 0.350. The topological polar surface area (TPSA) is 122 Å². The number of carbonyl (C=O) groups is 1. The van der Waals surface area contributed by atoms with Crippen molar-refractivity contribution in [1.82, 2.24) is 0 Å². The van der Waals surface area contributed by atoms with E-state index in [0.29, 0.717) is 11.4 Å². The van der Waals surface area contributed by atoms with Gasteiger partial charge in [0, 0.05) is 23.4 Å². The lowest BCUT2D eigenvalue weighted by Gasteiger charge is -2.15. The normalized spacial score (nSPS) is 12.4. The summed E-state index contributed by atoms with van der Waals surface area (Å²) in [5, 5.41) is 12.7. The van der Waals surface area contributed by atoms with Gasteiger partial charge in [-0.2, -0.15) is 0 Å². The van der Waals surface area contributed by atoms with E-state index in [1.165, 1.54) is 30.3 Å². The zero-order valence-corrected chi connectivity index (χ0v) is 16.9. The van der Waals surface area contributed by atoms with Crippen molar-refractivity contribution < 1.29 is 18.3 Å². The van der Waals surface area contributed by atoms with E-state index in [-0.39, 0.29) is 28.2 Å². The number of rotatable bonds is 9. The summed E-state index contributed by atoms with van der Waals surface area (Å²) in [4.78, 5) is 12.4. The van der Waals surface area contributed by atoms with Crippen LogP contribution in [0.5, 0.6) is 5.75 Å². The molecule has 0 bridgehead atoms. The largest absolute Gasteiger partial charge is 0.506 e. The van der Waals surface area contributed by atoms with Gasteiger partial charge >= 0.3 is 0 Å². The SMILES string of the molecule is CCCCC(CC)C(=O)Nc1ccc(S(=O)(=O)Nc2ccc(N)cc2O)cc1. The van der Waals surface area contributed by atoms with Crippen molar-refractivity contribution in [3.8, 4) is 5.75 Å². The molecule has 28 heavy (non-hydrogen) atoms. The first-order valence-electron chi connectivity index (χ1n) is 9.29. The Labute approximate surface area is 166 Å². The molecule has 0 aliphatic heterocycles. The molecule has 5 N–H and O–H groups in total. The van der Waals surface area contributed by atoms with Gasteiger partial charge in [-0.1, -0.05) is 26.7 Å². The maximum atomic E-state index is 12.5. The first-order valence-corrected chi connectivity index (χ1v) is 10.8. The summed E-state index contributed by atoms with van der Waals surface area (Å²) in [5.41, 5.74) is 6.44. The average Bonchev–Trinajstić information content (AvgIpc) is 2.65. The molecule has 0 heterocycles.